The second kappa shape index (κ2) is 6.00. The third-order valence-corrected chi connectivity index (χ3v) is 3.71. The summed E-state index contributed by atoms with van der Waals surface area (Å²) in [4.78, 5) is 8.27. The molecule has 0 aromatic carbocycles. The van der Waals surface area contributed by atoms with E-state index in [9.17, 15) is 5.11 Å². The molecule has 5 nitrogen and oxygen atoms in total. The minimum Gasteiger partial charge on any atom is -0.393 e. The van der Waals surface area contributed by atoms with Crippen LogP contribution in [-0.4, -0.2) is 27.7 Å². The summed E-state index contributed by atoms with van der Waals surface area (Å²) < 4.78 is 0. The monoisotopic (exact) mass is 250 g/mol. The molecule has 1 aromatic rings. The zero-order valence-electron chi connectivity index (χ0n) is 10.9. The summed E-state index contributed by atoms with van der Waals surface area (Å²) in [7, 11) is 0. The van der Waals surface area contributed by atoms with Gasteiger partial charge in [-0.05, 0) is 38.0 Å². The molecule has 0 spiro atoms. The third-order valence-electron chi connectivity index (χ3n) is 3.71. The topological polar surface area (TPSA) is 84.1 Å². The molecule has 0 atom stereocenters. The van der Waals surface area contributed by atoms with Gasteiger partial charge in [-0.2, -0.15) is 0 Å². The van der Waals surface area contributed by atoms with E-state index in [1.807, 2.05) is 0 Å². The van der Waals surface area contributed by atoms with Crippen molar-refractivity contribution in [2.75, 3.05) is 17.6 Å². The van der Waals surface area contributed by atoms with Crippen LogP contribution in [0, 0.1) is 5.92 Å². The van der Waals surface area contributed by atoms with Crippen LogP contribution in [0.5, 0.6) is 0 Å². The molecule has 5 heteroatoms. The van der Waals surface area contributed by atoms with Crippen molar-refractivity contribution in [1.82, 2.24) is 9.97 Å². The Hall–Kier alpha value is -1.36. The number of rotatable bonds is 4. The molecule has 1 fully saturated rings. The molecule has 0 aliphatic heterocycles. The number of aromatic nitrogens is 2. The number of aliphatic hydroxyl groups is 1. The zero-order chi connectivity index (χ0) is 13.0. The maximum absolute atomic E-state index is 9.47. The molecule has 100 valence electrons. The number of nitrogens with two attached hydrogens (primary N) is 1. The van der Waals surface area contributed by atoms with Gasteiger partial charge in [0.15, 0.2) is 0 Å². The van der Waals surface area contributed by atoms with Crippen molar-refractivity contribution in [1.29, 1.82) is 0 Å². The Labute approximate surface area is 108 Å². The molecule has 0 radical (unpaired) electrons. The molecule has 1 aliphatic carbocycles. The predicted octanol–water partition coefficient (Wildman–Crippen LogP) is 1.58. The van der Waals surface area contributed by atoms with Gasteiger partial charge in [0, 0.05) is 12.1 Å². The molecular weight excluding hydrogens is 228 g/mol. The molecule has 18 heavy (non-hydrogen) atoms. The van der Waals surface area contributed by atoms with E-state index in [1.54, 1.807) is 0 Å². The first kappa shape index (κ1) is 13.1. The Morgan fingerprint density at radius 3 is 2.72 bits per heavy atom. The Bertz CT molecular complexity index is 389. The van der Waals surface area contributed by atoms with Crippen LogP contribution in [0.2, 0.25) is 0 Å². The van der Waals surface area contributed by atoms with E-state index in [0.29, 0.717) is 11.7 Å². The van der Waals surface area contributed by atoms with Gasteiger partial charge in [-0.25, -0.2) is 9.97 Å². The van der Waals surface area contributed by atoms with Gasteiger partial charge in [-0.3, -0.25) is 0 Å². The third kappa shape index (κ3) is 3.10. The normalized spacial score (nSPS) is 23.9. The fourth-order valence-corrected chi connectivity index (χ4v) is 2.52. The molecule has 2 rings (SSSR count). The minimum absolute atomic E-state index is 0.0952. The largest absolute Gasteiger partial charge is 0.393 e. The molecule has 0 unspecified atom stereocenters. The van der Waals surface area contributed by atoms with E-state index in [0.717, 1.165) is 50.0 Å². The predicted molar refractivity (Wildman–Crippen MR) is 72.3 cm³/mol. The Balaban J connectivity index is 1.92. The number of hydrogen-bond donors (Lipinski definition) is 3. The molecule has 1 aromatic heterocycles. The highest BCUT2D eigenvalue weighted by Gasteiger charge is 2.19. The minimum atomic E-state index is -0.0952. The number of hydrogen-bond acceptors (Lipinski definition) is 5. The van der Waals surface area contributed by atoms with Gasteiger partial charge in [-0.15, -0.1) is 0 Å². The van der Waals surface area contributed by atoms with Gasteiger partial charge < -0.3 is 16.2 Å². The summed E-state index contributed by atoms with van der Waals surface area (Å²) in [6.45, 7) is 2.95. The number of aliphatic hydroxyl groups excluding tert-OH is 1. The van der Waals surface area contributed by atoms with E-state index in [2.05, 4.69) is 22.2 Å². The highest BCUT2D eigenvalue weighted by Crippen LogP contribution is 2.25. The quantitative estimate of drug-likeness (QED) is 0.755. The average molecular weight is 250 g/mol. The van der Waals surface area contributed by atoms with Crippen molar-refractivity contribution in [2.24, 2.45) is 5.92 Å². The summed E-state index contributed by atoms with van der Waals surface area (Å²) in [6.07, 6.45) is 6.23. The first-order valence-corrected chi connectivity index (χ1v) is 6.72. The number of nitrogen functional groups attached to an aromatic ring is 1. The lowest BCUT2D eigenvalue weighted by Crippen LogP contribution is -2.24. The number of nitrogens with zero attached hydrogens (tertiary/aromatic N) is 2. The van der Waals surface area contributed by atoms with Gasteiger partial charge in [-0.1, -0.05) is 6.92 Å². The van der Waals surface area contributed by atoms with Crippen LogP contribution in [0.25, 0.3) is 0 Å². The van der Waals surface area contributed by atoms with Crippen molar-refractivity contribution in [3.05, 3.63) is 11.9 Å². The van der Waals surface area contributed by atoms with E-state index in [1.165, 1.54) is 6.33 Å². The Morgan fingerprint density at radius 2 is 2.06 bits per heavy atom. The van der Waals surface area contributed by atoms with E-state index >= 15 is 0 Å². The Morgan fingerprint density at radius 1 is 1.33 bits per heavy atom. The SMILES string of the molecule is CCc1c(N)ncnc1NCC1CCC(O)CC1. The first-order valence-electron chi connectivity index (χ1n) is 6.72. The first-order chi connectivity index (χ1) is 8.70. The summed E-state index contributed by atoms with van der Waals surface area (Å²) in [5, 5.41) is 12.9. The lowest BCUT2D eigenvalue weighted by molar-refractivity contribution is 0.111. The van der Waals surface area contributed by atoms with E-state index < -0.39 is 0 Å². The lowest BCUT2D eigenvalue weighted by atomic mass is 9.87. The molecule has 1 aliphatic rings. The van der Waals surface area contributed by atoms with Gasteiger partial charge in [0.1, 0.15) is 18.0 Å². The van der Waals surface area contributed by atoms with Crippen LogP contribution in [-0.2, 0) is 6.42 Å². The van der Waals surface area contributed by atoms with Gasteiger partial charge >= 0.3 is 0 Å². The average Bonchev–Trinajstić information content (AvgIpc) is 2.38. The van der Waals surface area contributed by atoms with Crippen molar-refractivity contribution in [2.45, 2.75) is 45.1 Å². The number of nitrogens with one attached hydrogen (secondary N) is 1. The van der Waals surface area contributed by atoms with Gasteiger partial charge in [0.05, 0.1) is 6.10 Å². The van der Waals surface area contributed by atoms with Crippen LogP contribution < -0.4 is 11.1 Å². The second-order valence-electron chi connectivity index (χ2n) is 5.00. The molecule has 0 amide bonds. The Kier molecular flexibility index (Phi) is 4.36. The number of anilines is 2. The van der Waals surface area contributed by atoms with Crippen LogP contribution in [0.3, 0.4) is 0 Å². The standard InChI is InChI=1S/C13H22N4O/c1-2-11-12(14)16-8-17-13(11)15-7-9-3-5-10(18)6-4-9/h8-10,18H,2-7H2,1H3,(H3,14,15,16,17). The molecule has 1 saturated carbocycles. The highest BCUT2D eigenvalue weighted by molar-refractivity contribution is 5.54. The van der Waals surface area contributed by atoms with Crippen molar-refractivity contribution >= 4 is 11.6 Å². The molecule has 0 saturated heterocycles. The van der Waals surface area contributed by atoms with Crippen LogP contribution in [0.4, 0.5) is 11.6 Å². The second-order valence-corrected chi connectivity index (χ2v) is 5.00. The van der Waals surface area contributed by atoms with Gasteiger partial charge in [0.25, 0.3) is 0 Å². The highest BCUT2D eigenvalue weighted by atomic mass is 16.3. The summed E-state index contributed by atoms with van der Waals surface area (Å²) in [6, 6.07) is 0. The van der Waals surface area contributed by atoms with Crippen molar-refractivity contribution < 1.29 is 5.11 Å². The fourth-order valence-electron chi connectivity index (χ4n) is 2.52. The van der Waals surface area contributed by atoms with Crippen LogP contribution >= 0.6 is 0 Å². The summed E-state index contributed by atoms with van der Waals surface area (Å²) >= 11 is 0. The maximum Gasteiger partial charge on any atom is 0.134 e. The fraction of sp³-hybridized carbons (Fsp3) is 0.692. The molecule has 4 N–H and O–H groups in total. The van der Waals surface area contributed by atoms with E-state index in [4.69, 9.17) is 5.73 Å². The van der Waals surface area contributed by atoms with E-state index in [-0.39, 0.29) is 6.10 Å². The van der Waals surface area contributed by atoms with Crippen LogP contribution in [0.15, 0.2) is 6.33 Å². The summed E-state index contributed by atoms with van der Waals surface area (Å²) in [5.41, 5.74) is 6.83. The van der Waals surface area contributed by atoms with Crippen molar-refractivity contribution in [3.8, 4) is 0 Å². The molecule has 0 bridgehead atoms. The smallest absolute Gasteiger partial charge is 0.134 e. The van der Waals surface area contributed by atoms with Crippen molar-refractivity contribution in [3.63, 3.8) is 0 Å². The summed E-state index contributed by atoms with van der Waals surface area (Å²) in [5.74, 6) is 2.04. The molecule has 1 heterocycles. The molecular formula is C13H22N4O. The van der Waals surface area contributed by atoms with Crippen LogP contribution in [0.1, 0.15) is 38.2 Å². The zero-order valence-corrected chi connectivity index (χ0v) is 10.9. The van der Waals surface area contributed by atoms with Gasteiger partial charge in [0.2, 0.25) is 0 Å². The lowest BCUT2D eigenvalue weighted by Gasteiger charge is -2.26. The maximum atomic E-state index is 9.47.